The summed E-state index contributed by atoms with van der Waals surface area (Å²) >= 11 is 0. The lowest BCUT2D eigenvalue weighted by atomic mass is 9.95. The monoisotopic (exact) mass is 303 g/mol. The van der Waals surface area contributed by atoms with Gasteiger partial charge in [-0.25, -0.2) is 0 Å². The Morgan fingerprint density at radius 3 is 2.68 bits per heavy atom. The number of piperidine rings is 1. The first-order valence-electron chi connectivity index (χ1n) is 7.20. The van der Waals surface area contributed by atoms with Crippen molar-refractivity contribution in [2.75, 3.05) is 25.0 Å². The molecule has 0 saturated carbocycles. The van der Waals surface area contributed by atoms with Gasteiger partial charge in [-0.2, -0.15) is 0 Å². The summed E-state index contributed by atoms with van der Waals surface area (Å²) in [4.78, 5) is 37.0. The predicted molar refractivity (Wildman–Crippen MR) is 78.4 cm³/mol. The Balaban J connectivity index is 1.79. The number of benzene rings is 1. The lowest BCUT2D eigenvalue weighted by molar-refractivity contribution is -0.123. The lowest BCUT2D eigenvalue weighted by Crippen LogP contribution is -2.42. The number of ether oxygens (including phenoxy) is 1. The highest BCUT2D eigenvalue weighted by Crippen LogP contribution is 2.32. The minimum absolute atomic E-state index is 0.0470. The van der Waals surface area contributed by atoms with Gasteiger partial charge in [0.05, 0.1) is 11.3 Å². The minimum Gasteiger partial charge on any atom is -0.482 e. The van der Waals surface area contributed by atoms with E-state index in [4.69, 9.17) is 10.5 Å². The molecule has 0 spiro atoms. The quantitative estimate of drug-likeness (QED) is 0.823. The maximum atomic E-state index is 12.7. The van der Waals surface area contributed by atoms with Crippen LogP contribution in [0.3, 0.4) is 0 Å². The number of nitrogens with zero attached hydrogens (tertiary/aromatic N) is 1. The van der Waals surface area contributed by atoms with E-state index < -0.39 is 0 Å². The van der Waals surface area contributed by atoms with Crippen LogP contribution in [0.4, 0.5) is 5.69 Å². The number of primary amides is 1. The van der Waals surface area contributed by atoms with Crippen molar-refractivity contribution in [1.82, 2.24) is 4.90 Å². The third kappa shape index (κ3) is 2.61. The molecule has 2 aliphatic rings. The molecule has 2 aliphatic heterocycles. The molecule has 3 N–H and O–H groups in total. The largest absolute Gasteiger partial charge is 0.482 e. The first kappa shape index (κ1) is 14.4. The molecule has 7 heteroatoms. The fraction of sp³-hybridized carbons (Fsp3) is 0.400. The van der Waals surface area contributed by atoms with Crippen LogP contribution in [0.15, 0.2) is 18.2 Å². The molecule has 0 atom stereocenters. The van der Waals surface area contributed by atoms with Crippen LogP contribution in [0.2, 0.25) is 0 Å². The molecule has 2 heterocycles. The number of rotatable bonds is 2. The Kier molecular flexibility index (Phi) is 3.70. The van der Waals surface area contributed by atoms with Crippen LogP contribution in [-0.4, -0.2) is 42.3 Å². The van der Waals surface area contributed by atoms with Crippen LogP contribution in [0.1, 0.15) is 23.2 Å². The highest BCUT2D eigenvalue weighted by molar-refractivity contribution is 6.06. The zero-order chi connectivity index (χ0) is 15.7. The van der Waals surface area contributed by atoms with Crippen LogP contribution < -0.4 is 15.8 Å². The smallest absolute Gasteiger partial charge is 0.262 e. The lowest BCUT2D eigenvalue weighted by Gasteiger charge is -2.31. The van der Waals surface area contributed by atoms with E-state index in [1.54, 1.807) is 23.1 Å². The molecule has 0 aromatic heterocycles. The molecule has 1 fully saturated rings. The Bertz CT molecular complexity index is 636. The molecule has 3 rings (SSSR count). The van der Waals surface area contributed by atoms with Gasteiger partial charge in [0.15, 0.2) is 6.61 Å². The van der Waals surface area contributed by atoms with Gasteiger partial charge < -0.3 is 20.7 Å². The number of carbonyl (C=O) groups excluding carboxylic acids is 3. The third-order valence-corrected chi connectivity index (χ3v) is 4.06. The topological polar surface area (TPSA) is 102 Å². The maximum Gasteiger partial charge on any atom is 0.262 e. The van der Waals surface area contributed by atoms with Gasteiger partial charge in [-0.05, 0) is 25.0 Å². The standard InChI is InChI=1S/C15H17N3O4/c16-14(20)9-4-6-18(7-5-9)15(21)10-2-1-3-11-13(10)17-12(19)8-22-11/h1-3,9H,4-8H2,(H2,16,20)(H,17,19). The molecule has 7 nitrogen and oxygen atoms in total. The summed E-state index contributed by atoms with van der Waals surface area (Å²) < 4.78 is 5.32. The number of likely N-dealkylation sites (tertiary alicyclic amines) is 1. The molecule has 1 aromatic rings. The molecule has 3 amide bonds. The summed E-state index contributed by atoms with van der Waals surface area (Å²) in [5.74, 6) is -0.440. The van der Waals surface area contributed by atoms with Crippen molar-refractivity contribution in [1.29, 1.82) is 0 Å². The van der Waals surface area contributed by atoms with Crippen molar-refractivity contribution in [3.8, 4) is 5.75 Å². The van der Waals surface area contributed by atoms with E-state index in [0.717, 1.165) is 0 Å². The Morgan fingerprint density at radius 1 is 1.27 bits per heavy atom. The van der Waals surface area contributed by atoms with Crippen LogP contribution >= 0.6 is 0 Å². The van der Waals surface area contributed by atoms with Crippen molar-refractivity contribution < 1.29 is 19.1 Å². The maximum absolute atomic E-state index is 12.7. The number of anilines is 1. The molecule has 1 saturated heterocycles. The van der Waals surface area contributed by atoms with Crippen molar-refractivity contribution in [3.05, 3.63) is 23.8 Å². The number of hydrogen-bond donors (Lipinski definition) is 2. The van der Waals surface area contributed by atoms with Gasteiger partial charge in [-0.1, -0.05) is 6.07 Å². The third-order valence-electron chi connectivity index (χ3n) is 4.06. The van der Waals surface area contributed by atoms with E-state index in [9.17, 15) is 14.4 Å². The number of para-hydroxylation sites is 1. The number of amides is 3. The fourth-order valence-corrected chi connectivity index (χ4v) is 2.81. The second-order valence-corrected chi connectivity index (χ2v) is 5.48. The van der Waals surface area contributed by atoms with Crippen LogP contribution in [-0.2, 0) is 9.59 Å². The molecule has 0 radical (unpaired) electrons. The highest BCUT2D eigenvalue weighted by atomic mass is 16.5. The summed E-state index contributed by atoms with van der Waals surface area (Å²) in [6, 6.07) is 5.10. The predicted octanol–water partition coefficient (Wildman–Crippen LogP) is 0.355. The van der Waals surface area contributed by atoms with Crippen molar-refractivity contribution in [2.45, 2.75) is 12.8 Å². The summed E-state index contributed by atoms with van der Waals surface area (Å²) in [5, 5.41) is 2.69. The van der Waals surface area contributed by atoms with Crippen LogP contribution in [0.5, 0.6) is 5.75 Å². The van der Waals surface area contributed by atoms with Gasteiger partial charge >= 0.3 is 0 Å². The Morgan fingerprint density at radius 2 is 2.00 bits per heavy atom. The molecule has 22 heavy (non-hydrogen) atoms. The summed E-state index contributed by atoms with van der Waals surface area (Å²) in [6.07, 6.45) is 1.14. The molecular weight excluding hydrogens is 286 g/mol. The molecule has 0 unspecified atom stereocenters. The average Bonchev–Trinajstić information content (AvgIpc) is 2.53. The van der Waals surface area contributed by atoms with Crippen molar-refractivity contribution >= 4 is 23.4 Å². The second kappa shape index (κ2) is 5.67. The van der Waals surface area contributed by atoms with E-state index in [1.165, 1.54) is 0 Å². The second-order valence-electron chi connectivity index (χ2n) is 5.48. The summed E-state index contributed by atoms with van der Waals surface area (Å²) in [6.45, 7) is 0.907. The molecule has 0 aliphatic carbocycles. The molecule has 116 valence electrons. The fourth-order valence-electron chi connectivity index (χ4n) is 2.81. The Hall–Kier alpha value is -2.57. The first-order valence-corrected chi connectivity index (χ1v) is 7.20. The Labute approximate surface area is 127 Å². The average molecular weight is 303 g/mol. The first-order chi connectivity index (χ1) is 10.6. The van der Waals surface area contributed by atoms with Gasteiger partial charge in [-0.3, -0.25) is 14.4 Å². The summed E-state index contributed by atoms with van der Waals surface area (Å²) in [5.41, 5.74) is 6.12. The van der Waals surface area contributed by atoms with Gasteiger partial charge in [0.1, 0.15) is 5.75 Å². The number of hydrogen-bond acceptors (Lipinski definition) is 4. The van der Waals surface area contributed by atoms with Gasteiger partial charge in [0.25, 0.3) is 11.8 Å². The van der Waals surface area contributed by atoms with Gasteiger partial charge in [0.2, 0.25) is 5.91 Å². The zero-order valence-electron chi connectivity index (χ0n) is 12.0. The normalized spacial score (nSPS) is 18.2. The van der Waals surface area contributed by atoms with Crippen molar-refractivity contribution in [3.63, 3.8) is 0 Å². The van der Waals surface area contributed by atoms with Gasteiger partial charge in [-0.15, -0.1) is 0 Å². The number of carbonyl (C=O) groups is 3. The van der Waals surface area contributed by atoms with E-state index in [2.05, 4.69) is 5.32 Å². The molecule has 1 aromatic carbocycles. The van der Waals surface area contributed by atoms with Gasteiger partial charge in [0, 0.05) is 19.0 Å². The summed E-state index contributed by atoms with van der Waals surface area (Å²) in [7, 11) is 0. The van der Waals surface area contributed by atoms with E-state index >= 15 is 0 Å². The minimum atomic E-state index is -0.315. The SMILES string of the molecule is NC(=O)C1CCN(C(=O)c2cccc3c2NC(=O)CO3)CC1. The number of nitrogens with two attached hydrogens (primary N) is 1. The number of fused-ring (bicyclic) bond motifs is 1. The van der Waals surface area contributed by atoms with E-state index in [1.807, 2.05) is 0 Å². The highest BCUT2D eigenvalue weighted by Gasteiger charge is 2.29. The van der Waals surface area contributed by atoms with E-state index in [0.29, 0.717) is 42.9 Å². The molecular formula is C15H17N3O4. The van der Waals surface area contributed by atoms with Crippen LogP contribution in [0.25, 0.3) is 0 Å². The molecule has 0 bridgehead atoms. The number of nitrogens with one attached hydrogen (secondary N) is 1. The van der Waals surface area contributed by atoms with E-state index in [-0.39, 0.29) is 30.2 Å². The van der Waals surface area contributed by atoms with Crippen molar-refractivity contribution in [2.24, 2.45) is 11.7 Å². The van der Waals surface area contributed by atoms with Crippen LogP contribution in [0, 0.1) is 5.92 Å². The zero-order valence-corrected chi connectivity index (χ0v) is 12.0.